The molecule has 0 spiro atoms. The molecule has 0 unspecified atom stereocenters. The van der Waals surface area contributed by atoms with Gasteiger partial charge in [-0.3, -0.25) is 0 Å². The predicted molar refractivity (Wildman–Crippen MR) is 85.8 cm³/mol. The van der Waals surface area contributed by atoms with Crippen LogP contribution in [0.5, 0.6) is 0 Å². The highest BCUT2D eigenvalue weighted by Crippen LogP contribution is 2.36. The Hall–Kier alpha value is -0.900. The van der Waals surface area contributed by atoms with E-state index in [1.54, 1.807) is 0 Å². The first kappa shape index (κ1) is 15.5. The van der Waals surface area contributed by atoms with Crippen LogP contribution < -0.4 is 5.32 Å². The van der Waals surface area contributed by atoms with Gasteiger partial charge in [-0.05, 0) is 58.6 Å². The number of hydrogen-bond acceptors (Lipinski definition) is 3. The van der Waals surface area contributed by atoms with Crippen LogP contribution in [0.4, 0.5) is 0 Å². The van der Waals surface area contributed by atoms with Gasteiger partial charge in [-0.15, -0.1) is 0 Å². The Morgan fingerprint density at radius 1 is 1.05 bits per heavy atom. The van der Waals surface area contributed by atoms with Gasteiger partial charge in [0, 0.05) is 25.2 Å². The van der Waals surface area contributed by atoms with Gasteiger partial charge in [-0.25, -0.2) is 0 Å². The molecule has 1 aliphatic carbocycles. The fraction of sp³-hybridized carbons (Fsp3) is 0.647. The van der Waals surface area contributed by atoms with Crippen molar-refractivity contribution in [2.24, 2.45) is 0 Å². The minimum atomic E-state index is 0.417. The molecule has 2 rings (SSSR count). The average Bonchev–Trinajstić information content (AvgIpc) is 2.36. The Morgan fingerprint density at radius 2 is 1.65 bits per heavy atom. The number of hydrogen-bond donors (Lipinski definition) is 1. The lowest BCUT2D eigenvalue weighted by molar-refractivity contribution is 0.0259. The third-order valence-corrected chi connectivity index (χ3v) is 4.65. The molecule has 0 radical (unpaired) electrons. The summed E-state index contributed by atoms with van der Waals surface area (Å²) in [5, 5.41) is 3.19. The Bertz CT molecular complexity index is 407. The van der Waals surface area contributed by atoms with Crippen molar-refractivity contribution in [1.82, 2.24) is 15.1 Å². The van der Waals surface area contributed by atoms with E-state index in [4.69, 9.17) is 0 Å². The second kappa shape index (κ2) is 6.70. The number of nitrogens with one attached hydrogen (secondary N) is 1. The zero-order chi connectivity index (χ0) is 14.6. The molecule has 0 aliphatic heterocycles. The van der Waals surface area contributed by atoms with Gasteiger partial charge in [0.05, 0.1) is 0 Å². The Labute approximate surface area is 124 Å². The zero-order valence-corrected chi connectivity index (χ0v) is 13.4. The summed E-state index contributed by atoms with van der Waals surface area (Å²) in [7, 11) is 8.67. The molecular formula is C17H29N3. The zero-order valence-electron chi connectivity index (χ0n) is 13.4. The van der Waals surface area contributed by atoms with E-state index in [0.29, 0.717) is 5.54 Å². The molecule has 1 aromatic rings. The predicted octanol–water partition coefficient (Wildman–Crippen LogP) is 2.32. The highest BCUT2D eigenvalue weighted by Gasteiger charge is 2.39. The van der Waals surface area contributed by atoms with Crippen LogP contribution in [-0.2, 0) is 13.1 Å². The van der Waals surface area contributed by atoms with E-state index in [1.807, 2.05) is 7.05 Å². The summed E-state index contributed by atoms with van der Waals surface area (Å²) >= 11 is 0. The molecule has 1 fully saturated rings. The maximum absolute atomic E-state index is 3.19. The summed E-state index contributed by atoms with van der Waals surface area (Å²) in [6.45, 7) is 3.15. The van der Waals surface area contributed by atoms with Crippen LogP contribution in [0.15, 0.2) is 24.3 Å². The first-order valence-electron chi connectivity index (χ1n) is 7.64. The fourth-order valence-electron chi connectivity index (χ4n) is 3.17. The van der Waals surface area contributed by atoms with E-state index in [1.165, 1.54) is 30.4 Å². The SMILES string of the molecule is CNCc1ccc(CN(C)CC2(N(C)C)CCC2)cc1. The van der Waals surface area contributed by atoms with E-state index in [9.17, 15) is 0 Å². The minimum Gasteiger partial charge on any atom is -0.316 e. The molecule has 3 nitrogen and oxygen atoms in total. The second-order valence-corrected chi connectivity index (χ2v) is 6.49. The second-order valence-electron chi connectivity index (χ2n) is 6.49. The molecule has 112 valence electrons. The lowest BCUT2D eigenvalue weighted by Crippen LogP contribution is -2.56. The van der Waals surface area contributed by atoms with Gasteiger partial charge < -0.3 is 15.1 Å². The molecule has 3 heteroatoms. The summed E-state index contributed by atoms with van der Waals surface area (Å²) in [4.78, 5) is 4.88. The van der Waals surface area contributed by atoms with Crippen molar-refractivity contribution in [3.63, 3.8) is 0 Å². The molecule has 0 saturated heterocycles. The largest absolute Gasteiger partial charge is 0.316 e. The van der Waals surface area contributed by atoms with Gasteiger partial charge in [-0.1, -0.05) is 24.3 Å². The number of rotatable bonds is 7. The first-order chi connectivity index (χ1) is 9.55. The van der Waals surface area contributed by atoms with Gasteiger partial charge in [0.15, 0.2) is 0 Å². The summed E-state index contributed by atoms with van der Waals surface area (Å²) in [6.07, 6.45) is 4.06. The van der Waals surface area contributed by atoms with Gasteiger partial charge in [0.1, 0.15) is 0 Å². The highest BCUT2D eigenvalue weighted by molar-refractivity contribution is 5.22. The van der Waals surface area contributed by atoms with Crippen molar-refractivity contribution in [2.45, 2.75) is 37.9 Å². The molecule has 1 saturated carbocycles. The van der Waals surface area contributed by atoms with Crippen LogP contribution in [-0.4, -0.2) is 50.1 Å². The maximum Gasteiger partial charge on any atom is 0.0330 e. The molecule has 1 N–H and O–H groups in total. The summed E-state index contributed by atoms with van der Waals surface area (Å²) in [5.41, 5.74) is 3.17. The summed E-state index contributed by atoms with van der Waals surface area (Å²) in [6, 6.07) is 8.97. The van der Waals surface area contributed by atoms with Crippen molar-refractivity contribution >= 4 is 0 Å². The standard InChI is InChI=1S/C17H29N3/c1-18-12-15-6-8-16(9-7-15)13-20(4)14-17(19(2)3)10-5-11-17/h6-9,18H,5,10-14H2,1-4H3. The van der Waals surface area contributed by atoms with Crippen LogP contribution >= 0.6 is 0 Å². The third kappa shape index (κ3) is 3.60. The van der Waals surface area contributed by atoms with Crippen molar-refractivity contribution in [2.75, 3.05) is 34.7 Å². The fourth-order valence-corrected chi connectivity index (χ4v) is 3.17. The normalized spacial score (nSPS) is 17.5. The van der Waals surface area contributed by atoms with Crippen molar-refractivity contribution in [3.05, 3.63) is 35.4 Å². The topological polar surface area (TPSA) is 18.5 Å². The van der Waals surface area contributed by atoms with Gasteiger partial charge in [-0.2, -0.15) is 0 Å². The summed E-state index contributed by atoms with van der Waals surface area (Å²) in [5.74, 6) is 0. The monoisotopic (exact) mass is 275 g/mol. The number of benzene rings is 1. The van der Waals surface area contributed by atoms with Gasteiger partial charge >= 0.3 is 0 Å². The highest BCUT2D eigenvalue weighted by atomic mass is 15.2. The molecule has 20 heavy (non-hydrogen) atoms. The van der Waals surface area contributed by atoms with E-state index in [-0.39, 0.29) is 0 Å². The van der Waals surface area contributed by atoms with E-state index in [2.05, 4.69) is 60.5 Å². The quantitative estimate of drug-likeness (QED) is 0.824. The van der Waals surface area contributed by atoms with Crippen LogP contribution in [0, 0.1) is 0 Å². The van der Waals surface area contributed by atoms with Crippen LogP contribution in [0.2, 0.25) is 0 Å². The van der Waals surface area contributed by atoms with E-state index >= 15 is 0 Å². The number of nitrogens with zero attached hydrogens (tertiary/aromatic N) is 2. The van der Waals surface area contributed by atoms with Gasteiger partial charge in [0.2, 0.25) is 0 Å². The number of likely N-dealkylation sites (N-methyl/N-ethyl adjacent to an activating group) is 2. The van der Waals surface area contributed by atoms with E-state index < -0.39 is 0 Å². The van der Waals surface area contributed by atoms with Crippen LogP contribution in [0.25, 0.3) is 0 Å². The van der Waals surface area contributed by atoms with Crippen molar-refractivity contribution in [1.29, 1.82) is 0 Å². The van der Waals surface area contributed by atoms with Gasteiger partial charge in [0.25, 0.3) is 0 Å². The Balaban J connectivity index is 1.89. The smallest absolute Gasteiger partial charge is 0.0330 e. The molecule has 0 atom stereocenters. The van der Waals surface area contributed by atoms with Crippen LogP contribution in [0.3, 0.4) is 0 Å². The van der Waals surface area contributed by atoms with Crippen LogP contribution in [0.1, 0.15) is 30.4 Å². The minimum absolute atomic E-state index is 0.417. The van der Waals surface area contributed by atoms with E-state index in [0.717, 1.165) is 19.6 Å². The Morgan fingerprint density at radius 3 is 2.10 bits per heavy atom. The Kier molecular flexibility index (Phi) is 5.19. The first-order valence-corrected chi connectivity index (χ1v) is 7.64. The summed E-state index contributed by atoms with van der Waals surface area (Å²) < 4.78 is 0. The molecule has 1 aliphatic rings. The molecule has 1 aromatic carbocycles. The molecule has 0 bridgehead atoms. The average molecular weight is 275 g/mol. The lowest BCUT2D eigenvalue weighted by Gasteiger charge is -2.49. The molecule has 0 aromatic heterocycles. The molecular weight excluding hydrogens is 246 g/mol. The van der Waals surface area contributed by atoms with Crippen molar-refractivity contribution in [3.8, 4) is 0 Å². The van der Waals surface area contributed by atoms with Crippen molar-refractivity contribution < 1.29 is 0 Å². The molecule has 0 amide bonds. The maximum atomic E-state index is 3.19. The molecule has 0 heterocycles. The third-order valence-electron chi connectivity index (χ3n) is 4.65. The lowest BCUT2D eigenvalue weighted by atomic mass is 9.75.